The van der Waals surface area contributed by atoms with Crippen LogP contribution >= 0.6 is 0 Å². The van der Waals surface area contributed by atoms with Crippen molar-refractivity contribution in [2.24, 2.45) is 5.92 Å². The van der Waals surface area contributed by atoms with Crippen LogP contribution in [0.2, 0.25) is 0 Å². The molecule has 3 nitrogen and oxygen atoms in total. The number of nitrogens with zero attached hydrogens (tertiary/aromatic N) is 1. The molecule has 0 bridgehead atoms. The molecule has 1 aromatic carbocycles. The van der Waals surface area contributed by atoms with Crippen molar-refractivity contribution in [1.82, 2.24) is 5.32 Å². The Hall–Kier alpha value is -1.06. The lowest BCUT2D eigenvalue weighted by atomic mass is 9.95. The van der Waals surface area contributed by atoms with E-state index in [1.807, 2.05) is 0 Å². The molecule has 1 heterocycles. The summed E-state index contributed by atoms with van der Waals surface area (Å²) in [6, 6.07) is 7.34. The fourth-order valence-corrected chi connectivity index (χ4v) is 3.14. The molecule has 0 aliphatic carbocycles. The monoisotopic (exact) mass is 276 g/mol. The predicted molar refractivity (Wildman–Crippen MR) is 85.6 cm³/mol. The van der Waals surface area contributed by atoms with Gasteiger partial charge in [0.1, 0.15) is 0 Å². The van der Waals surface area contributed by atoms with Crippen molar-refractivity contribution in [2.75, 3.05) is 38.3 Å². The highest BCUT2D eigenvalue weighted by molar-refractivity contribution is 5.50. The summed E-state index contributed by atoms with van der Waals surface area (Å²) in [7, 11) is 2.19. The van der Waals surface area contributed by atoms with Crippen molar-refractivity contribution in [1.29, 1.82) is 0 Å². The van der Waals surface area contributed by atoms with Gasteiger partial charge in [0.2, 0.25) is 0 Å². The van der Waals surface area contributed by atoms with Gasteiger partial charge in [0.25, 0.3) is 0 Å². The molecule has 0 saturated carbocycles. The standard InChI is InChI=1S/C17H28N2O/c1-5-18-17-6-7-20-12-15(17)11-19(4)16-9-13(2)8-14(3)10-16/h8-10,15,17-18H,5-7,11-12H2,1-4H3. The molecule has 1 fully saturated rings. The molecule has 112 valence electrons. The van der Waals surface area contributed by atoms with Gasteiger partial charge in [-0.2, -0.15) is 0 Å². The van der Waals surface area contributed by atoms with Crippen molar-refractivity contribution in [3.8, 4) is 0 Å². The van der Waals surface area contributed by atoms with Gasteiger partial charge in [-0.05, 0) is 50.1 Å². The summed E-state index contributed by atoms with van der Waals surface area (Å²) in [4.78, 5) is 2.36. The van der Waals surface area contributed by atoms with Crippen LogP contribution in [0.5, 0.6) is 0 Å². The normalized spacial score (nSPS) is 22.8. The van der Waals surface area contributed by atoms with Crippen molar-refractivity contribution >= 4 is 5.69 Å². The highest BCUT2D eigenvalue weighted by Crippen LogP contribution is 2.22. The Morgan fingerprint density at radius 3 is 2.60 bits per heavy atom. The Kier molecular flexibility index (Phi) is 5.44. The molecule has 1 aliphatic heterocycles. The molecule has 1 aromatic rings. The first kappa shape index (κ1) is 15.3. The third kappa shape index (κ3) is 3.97. The lowest BCUT2D eigenvalue weighted by Gasteiger charge is -2.35. The van der Waals surface area contributed by atoms with E-state index in [0.29, 0.717) is 12.0 Å². The van der Waals surface area contributed by atoms with Gasteiger partial charge in [-0.25, -0.2) is 0 Å². The number of nitrogens with one attached hydrogen (secondary N) is 1. The summed E-state index contributed by atoms with van der Waals surface area (Å²) < 4.78 is 5.68. The molecule has 1 N–H and O–H groups in total. The van der Waals surface area contributed by atoms with Gasteiger partial charge in [-0.3, -0.25) is 0 Å². The van der Waals surface area contributed by atoms with Crippen LogP contribution in [0.25, 0.3) is 0 Å². The predicted octanol–water partition coefficient (Wildman–Crippen LogP) is 2.75. The lowest BCUT2D eigenvalue weighted by Crippen LogP contribution is -2.47. The van der Waals surface area contributed by atoms with E-state index < -0.39 is 0 Å². The highest BCUT2D eigenvalue weighted by atomic mass is 16.5. The van der Waals surface area contributed by atoms with E-state index in [1.165, 1.54) is 16.8 Å². The Morgan fingerprint density at radius 1 is 1.25 bits per heavy atom. The van der Waals surface area contributed by atoms with Crippen LogP contribution in [0.4, 0.5) is 5.69 Å². The molecule has 0 amide bonds. The van der Waals surface area contributed by atoms with Gasteiger partial charge in [0.05, 0.1) is 6.61 Å². The Morgan fingerprint density at radius 2 is 1.95 bits per heavy atom. The van der Waals surface area contributed by atoms with E-state index in [-0.39, 0.29) is 0 Å². The first-order chi connectivity index (χ1) is 9.60. The van der Waals surface area contributed by atoms with Gasteiger partial charge in [0, 0.05) is 37.8 Å². The average molecular weight is 276 g/mol. The molecule has 2 rings (SSSR count). The zero-order valence-electron chi connectivity index (χ0n) is 13.3. The summed E-state index contributed by atoms with van der Waals surface area (Å²) in [6.45, 7) is 10.3. The van der Waals surface area contributed by atoms with Gasteiger partial charge in [-0.1, -0.05) is 13.0 Å². The van der Waals surface area contributed by atoms with Crippen LogP contribution < -0.4 is 10.2 Å². The molecule has 0 radical (unpaired) electrons. The molecule has 2 unspecified atom stereocenters. The smallest absolute Gasteiger partial charge is 0.0526 e. The molecule has 1 saturated heterocycles. The van der Waals surface area contributed by atoms with Gasteiger partial charge in [-0.15, -0.1) is 0 Å². The third-order valence-corrected chi connectivity index (χ3v) is 4.10. The highest BCUT2D eigenvalue weighted by Gasteiger charge is 2.26. The Balaban J connectivity index is 2.03. The fraction of sp³-hybridized carbons (Fsp3) is 0.647. The minimum atomic E-state index is 0.564. The van der Waals surface area contributed by atoms with E-state index >= 15 is 0 Å². The second-order valence-electron chi connectivity index (χ2n) is 6.01. The maximum atomic E-state index is 5.68. The van der Waals surface area contributed by atoms with E-state index in [4.69, 9.17) is 4.74 Å². The third-order valence-electron chi connectivity index (χ3n) is 4.10. The van der Waals surface area contributed by atoms with E-state index in [1.54, 1.807) is 0 Å². The second-order valence-corrected chi connectivity index (χ2v) is 6.01. The van der Waals surface area contributed by atoms with E-state index in [9.17, 15) is 0 Å². The number of benzene rings is 1. The molecule has 0 spiro atoms. The van der Waals surface area contributed by atoms with Crippen LogP contribution in [-0.4, -0.2) is 39.4 Å². The lowest BCUT2D eigenvalue weighted by molar-refractivity contribution is 0.0355. The topological polar surface area (TPSA) is 24.5 Å². The van der Waals surface area contributed by atoms with E-state index in [2.05, 4.69) is 56.2 Å². The number of hydrogen-bond acceptors (Lipinski definition) is 3. The first-order valence-corrected chi connectivity index (χ1v) is 7.70. The summed E-state index contributed by atoms with van der Waals surface area (Å²) in [5.41, 5.74) is 3.97. The summed E-state index contributed by atoms with van der Waals surface area (Å²) in [6.07, 6.45) is 1.12. The maximum Gasteiger partial charge on any atom is 0.0526 e. The van der Waals surface area contributed by atoms with Crippen LogP contribution in [-0.2, 0) is 4.74 Å². The number of anilines is 1. The zero-order chi connectivity index (χ0) is 14.5. The molecule has 2 atom stereocenters. The van der Waals surface area contributed by atoms with Crippen LogP contribution in [0.1, 0.15) is 24.5 Å². The summed E-state index contributed by atoms with van der Waals surface area (Å²) in [5, 5.41) is 3.61. The molecule has 0 aromatic heterocycles. The summed E-state index contributed by atoms with van der Waals surface area (Å²) >= 11 is 0. The average Bonchev–Trinajstić information content (AvgIpc) is 2.40. The molecule has 3 heteroatoms. The van der Waals surface area contributed by atoms with Gasteiger partial charge < -0.3 is 15.0 Å². The minimum absolute atomic E-state index is 0.564. The number of hydrogen-bond donors (Lipinski definition) is 1. The van der Waals surface area contributed by atoms with Crippen LogP contribution in [0.15, 0.2) is 18.2 Å². The first-order valence-electron chi connectivity index (χ1n) is 7.70. The molecule has 1 aliphatic rings. The van der Waals surface area contributed by atoms with Crippen LogP contribution in [0, 0.1) is 19.8 Å². The van der Waals surface area contributed by atoms with Gasteiger partial charge >= 0.3 is 0 Å². The SMILES string of the molecule is CCNC1CCOCC1CN(C)c1cc(C)cc(C)c1. The number of aryl methyl sites for hydroxylation is 2. The minimum Gasteiger partial charge on any atom is -0.381 e. The Bertz CT molecular complexity index is 411. The van der Waals surface area contributed by atoms with Crippen molar-refractivity contribution in [3.63, 3.8) is 0 Å². The molecule has 20 heavy (non-hydrogen) atoms. The summed E-state index contributed by atoms with van der Waals surface area (Å²) in [5.74, 6) is 0.564. The second kappa shape index (κ2) is 7.09. The zero-order valence-corrected chi connectivity index (χ0v) is 13.3. The van der Waals surface area contributed by atoms with Gasteiger partial charge in [0.15, 0.2) is 0 Å². The van der Waals surface area contributed by atoms with Crippen molar-refractivity contribution in [3.05, 3.63) is 29.3 Å². The maximum absolute atomic E-state index is 5.68. The number of rotatable bonds is 5. The number of ether oxygens (including phenoxy) is 1. The van der Waals surface area contributed by atoms with E-state index in [0.717, 1.165) is 32.7 Å². The molecular weight excluding hydrogens is 248 g/mol. The van der Waals surface area contributed by atoms with Crippen molar-refractivity contribution in [2.45, 2.75) is 33.2 Å². The molecular formula is C17H28N2O. The van der Waals surface area contributed by atoms with Crippen molar-refractivity contribution < 1.29 is 4.74 Å². The fourth-order valence-electron chi connectivity index (χ4n) is 3.14. The quantitative estimate of drug-likeness (QED) is 0.895. The largest absolute Gasteiger partial charge is 0.381 e. The Labute approximate surface area is 123 Å². The van der Waals surface area contributed by atoms with Crippen LogP contribution in [0.3, 0.4) is 0 Å².